The van der Waals surface area contributed by atoms with E-state index in [0.717, 1.165) is 18.7 Å². The first-order chi connectivity index (χ1) is 6.22. The highest BCUT2D eigenvalue weighted by molar-refractivity contribution is 5.29. The Morgan fingerprint density at radius 1 is 1.15 bits per heavy atom. The van der Waals surface area contributed by atoms with Gasteiger partial charge in [0.1, 0.15) is 5.75 Å². The van der Waals surface area contributed by atoms with Gasteiger partial charge >= 0.3 is 0 Å². The lowest BCUT2D eigenvalue weighted by atomic mass is 10.2. The van der Waals surface area contributed by atoms with Gasteiger partial charge in [-0.3, -0.25) is 0 Å². The molecule has 1 rings (SSSR count). The Bertz CT molecular complexity index is 200. The molecule has 0 fully saturated rings. The average Bonchev–Trinajstić information content (AvgIpc) is 2.13. The Labute approximate surface area is 80.6 Å². The summed E-state index contributed by atoms with van der Waals surface area (Å²) in [6.45, 7) is 8.26. The van der Waals surface area contributed by atoms with Crippen LogP contribution in [-0.4, -0.2) is 18.2 Å². The molecule has 13 heavy (non-hydrogen) atoms. The second-order valence-electron chi connectivity index (χ2n) is 2.74. The maximum absolute atomic E-state index is 8.92. The van der Waals surface area contributed by atoms with Crippen molar-refractivity contribution >= 4 is 0 Å². The molecule has 0 spiro atoms. The van der Waals surface area contributed by atoms with E-state index in [2.05, 4.69) is 19.2 Å². The van der Waals surface area contributed by atoms with Crippen molar-refractivity contribution < 1.29 is 5.11 Å². The van der Waals surface area contributed by atoms with Gasteiger partial charge in [0.05, 0.1) is 0 Å². The van der Waals surface area contributed by atoms with Crippen molar-refractivity contribution in [3.8, 4) is 5.75 Å². The number of rotatable bonds is 2. The third-order valence-electron chi connectivity index (χ3n) is 1.62. The lowest BCUT2D eigenvalue weighted by Gasteiger charge is -1.92. The molecule has 1 aromatic carbocycles. The van der Waals surface area contributed by atoms with E-state index in [4.69, 9.17) is 5.11 Å². The second-order valence-corrected chi connectivity index (χ2v) is 2.74. The van der Waals surface area contributed by atoms with E-state index in [1.165, 1.54) is 0 Å². The standard InChI is InChI=1S/C7H8O.C4H11N/c1-6-4-2-3-5-7(6)8;1-3-5-4-2/h2-5,8H,1H3;5H,3-4H2,1-2H3. The number of para-hydroxylation sites is 1. The van der Waals surface area contributed by atoms with Crippen LogP contribution in [0.3, 0.4) is 0 Å². The van der Waals surface area contributed by atoms with Crippen molar-refractivity contribution in [3.05, 3.63) is 29.8 Å². The lowest BCUT2D eigenvalue weighted by Crippen LogP contribution is -2.09. The highest BCUT2D eigenvalue weighted by Crippen LogP contribution is 2.12. The Balaban J connectivity index is 0.000000252. The third-order valence-corrected chi connectivity index (χ3v) is 1.62. The first kappa shape index (κ1) is 12.0. The monoisotopic (exact) mass is 181 g/mol. The summed E-state index contributed by atoms with van der Waals surface area (Å²) in [5.41, 5.74) is 0.924. The first-order valence-corrected chi connectivity index (χ1v) is 4.67. The number of phenolic OH excluding ortho intramolecular Hbond substituents is 1. The molecule has 1 aromatic rings. The zero-order chi connectivity index (χ0) is 10.1. The van der Waals surface area contributed by atoms with Gasteiger partial charge in [0.15, 0.2) is 0 Å². The fourth-order valence-electron chi connectivity index (χ4n) is 0.813. The molecule has 2 heteroatoms. The second kappa shape index (κ2) is 7.62. The van der Waals surface area contributed by atoms with Gasteiger partial charge in [-0.2, -0.15) is 0 Å². The molecule has 0 unspecified atom stereocenters. The predicted molar refractivity (Wildman–Crippen MR) is 57.1 cm³/mol. The van der Waals surface area contributed by atoms with Crippen LogP contribution in [0.5, 0.6) is 5.75 Å². The SMILES string of the molecule is CCNCC.Cc1ccccc1O. The van der Waals surface area contributed by atoms with E-state index in [1.54, 1.807) is 6.07 Å². The summed E-state index contributed by atoms with van der Waals surface area (Å²) in [6, 6.07) is 7.25. The topological polar surface area (TPSA) is 32.3 Å². The molecular weight excluding hydrogens is 162 g/mol. The molecule has 0 saturated carbocycles. The summed E-state index contributed by atoms with van der Waals surface area (Å²) in [6.07, 6.45) is 0. The van der Waals surface area contributed by atoms with Crippen LogP contribution in [0.15, 0.2) is 24.3 Å². The van der Waals surface area contributed by atoms with Gasteiger partial charge in [0, 0.05) is 0 Å². The minimum Gasteiger partial charge on any atom is -0.508 e. The van der Waals surface area contributed by atoms with Gasteiger partial charge < -0.3 is 10.4 Å². The maximum Gasteiger partial charge on any atom is 0.118 e. The third kappa shape index (κ3) is 6.17. The average molecular weight is 181 g/mol. The number of hydrogen-bond donors (Lipinski definition) is 2. The number of hydrogen-bond acceptors (Lipinski definition) is 2. The minimum absolute atomic E-state index is 0.368. The molecule has 0 aliphatic rings. The number of aromatic hydroxyl groups is 1. The van der Waals surface area contributed by atoms with Crippen molar-refractivity contribution in [2.45, 2.75) is 20.8 Å². The molecule has 74 valence electrons. The molecule has 0 amide bonds. The molecule has 0 radical (unpaired) electrons. The van der Waals surface area contributed by atoms with E-state index in [-0.39, 0.29) is 0 Å². The summed E-state index contributed by atoms with van der Waals surface area (Å²) in [5, 5.41) is 12.0. The lowest BCUT2D eigenvalue weighted by molar-refractivity contribution is 0.471. The molecule has 0 bridgehead atoms. The van der Waals surface area contributed by atoms with Crippen molar-refractivity contribution in [1.82, 2.24) is 5.32 Å². The van der Waals surface area contributed by atoms with Crippen molar-refractivity contribution in [3.63, 3.8) is 0 Å². The Kier molecular flexibility index (Phi) is 7.02. The Morgan fingerprint density at radius 3 is 1.92 bits per heavy atom. The summed E-state index contributed by atoms with van der Waals surface area (Å²) in [4.78, 5) is 0. The fraction of sp³-hybridized carbons (Fsp3) is 0.455. The van der Waals surface area contributed by atoms with Crippen LogP contribution >= 0.6 is 0 Å². The van der Waals surface area contributed by atoms with Crippen molar-refractivity contribution in [2.24, 2.45) is 0 Å². The summed E-state index contributed by atoms with van der Waals surface area (Å²) < 4.78 is 0. The Hall–Kier alpha value is -1.02. The summed E-state index contributed by atoms with van der Waals surface area (Å²) >= 11 is 0. The maximum atomic E-state index is 8.92. The highest BCUT2D eigenvalue weighted by Gasteiger charge is 1.86. The van der Waals surface area contributed by atoms with Crippen LogP contribution in [0.4, 0.5) is 0 Å². The van der Waals surface area contributed by atoms with Crippen LogP contribution in [0.2, 0.25) is 0 Å². The summed E-state index contributed by atoms with van der Waals surface area (Å²) in [5.74, 6) is 0.368. The number of phenols is 1. The molecule has 0 aliphatic heterocycles. The van der Waals surface area contributed by atoms with Gasteiger partial charge in [-0.1, -0.05) is 32.0 Å². The number of aryl methyl sites for hydroxylation is 1. The Morgan fingerprint density at radius 2 is 1.69 bits per heavy atom. The van der Waals surface area contributed by atoms with E-state index in [9.17, 15) is 0 Å². The molecule has 2 N–H and O–H groups in total. The predicted octanol–water partition coefficient (Wildman–Crippen LogP) is 2.32. The summed E-state index contributed by atoms with van der Waals surface area (Å²) in [7, 11) is 0. The molecule has 0 saturated heterocycles. The van der Waals surface area contributed by atoms with Crippen LogP contribution < -0.4 is 5.32 Å². The molecule has 0 atom stereocenters. The van der Waals surface area contributed by atoms with Crippen LogP contribution in [0, 0.1) is 6.92 Å². The van der Waals surface area contributed by atoms with Crippen molar-refractivity contribution in [2.75, 3.05) is 13.1 Å². The van der Waals surface area contributed by atoms with Crippen molar-refractivity contribution in [1.29, 1.82) is 0 Å². The van der Waals surface area contributed by atoms with Gasteiger partial charge in [0.2, 0.25) is 0 Å². The highest BCUT2D eigenvalue weighted by atomic mass is 16.3. The fourth-order valence-corrected chi connectivity index (χ4v) is 0.813. The van der Waals surface area contributed by atoms with Gasteiger partial charge in [-0.15, -0.1) is 0 Å². The normalized spacial score (nSPS) is 8.85. The zero-order valence-corrected chi connectivity index (χ0v) is 8.67. The smallest absolute Gasteiger partial charge is 0.118 e. The van der Waals surface area contributed by atoms with E-state index in [0.29, 0.717) is 5.75 Å². The number of benzene rings is 1. The first-order valence-electron chi connectivity index (χ1n) is 4.67. The van der Waals surface area contributed by atoms with E-state index < -0.39 is 0 Å². The molecule has 0 aliphatic carbocycles. The van der Waals surface area contributed by atoms with Crippen LogP contribution in [-0.2, 0) is 0 Å². The molecule has 0 aromatic heterocycles. The van der Waals surface area contributed by atoms with Crippen LogP contribution in [0.25, 0.3) is 0 Å². The minimum atomic E-state index is 0.368. The molecule has 2 nitrogen and oxygen atoms in total. The molecule has 0 heterocycles. The quantitative estimate of drug-likeness (QED) is 0.734. The van der Waals surface area contributed by atoms with E-state index >= 15 is 0 Å². The zero-order valence-electron chi connectivity index (χ0n) is 8.67. The van der Waals surface area contributed by atoms with Crippen LogP contribution in [0.1, 0.15) is 19.4 Å². The van der Waals surface area contributed by atoms with Gasteiger partial charge in [0.25, 0.3) is 0 Å². The van der Waals surface area contributed by atoms with E-state index in [1.807, 2.05) is 25.1 Å². The largest absolute Gasteiger partial charge is 0.508 e. The molecular formula is C11H19NO. The van der Waals surface area contributed by atoms with Gasteiger partial charge in [-0.05, 0) is 31.6 Å². The number of nitrogens with one attached hydrogen (secondary N) is 1. The van der Waals surface area contributed by atoms with Gasteiger partial charge in [-0.25, -0.2) is 0 Å².